The van der Waals surface area contributed by atoms with Crippen LogP contribution in [0.2, 0.25) is 0 Å². The molecule has 4 aromatic rings. The highest BCUT2D eigenvalue weighted by Crippen LogP contribution is 2.37. The Morgan fingerprint density at radius 1 is 0.667 bits per heavy atom. The van der Waals surface area contributed by atoms with E-state index in [0.29, 0.717) is 24.2 Å². The summed E-state index contributed by atoms with van der Waals surface area (Å²) >= 11 is 0. The van der Waals surface area contributed by atoms with Gasteiger partial charge in [-0.15, -0.1) is 0 Å². The lowest BCUT2D eigenvalue weighted by Crippen LogP contribution is -2.26. The van der Waals surface area contributed by atoms with Crippen molar-refractivity contribution in [3.05, 3.63) is 89.5 Å². The molecule has 0 aliphatic carbocycles. The van der Waals surface area contributed by atoms with Gasteiger partial charge in [-0.1, -0.05) is 52.0 Å². The zero-order valence-corrected chi connectivity index (χ0v) is 27.8. The number of hydrogen-bond acceptors (Lipinski definition) is 7. The molecule has 4 rings (SSSR count). The van der Waals surface area contributed by atoms with Crippen LogP contribution in [-0.2, 0) is 25.7 Å². The first kappa shape index (κ1) is 34.1. The van der Waals surface area contributed by atoms with Crippen molar-refractivity contribution in [1.82, 2.24) is 0 Å². The SMILES string of the molecule is CCC(C)(C)Oc1ccc2cc(Oc3ccc(C(=O)c4ccc(C(C)(CC)CC)c(S(=O)(=O)O)c4)cc3S(=O)(=O)O)ccc2c1. The first-order chi connectivity index (χ1) is 20.9. The van der Waals surface area contributed by atoms with E-state index in [1.165, 1.54) is 24.3 Å². The average molecular weight is 655 g/mol. The number of fused-ring (bicyclic) bond motifs is 1. The summed E-state index contributed by atoms with van der Waals surface area (Å²) in [5.74, 6) is 0.0681. The van der Waals surface area contributed by atoms with E-state index in [-0.39, 0.29) is 28.2 Å². The normalized spacial score (nSPS) is 12.7. The number of carbonyl (C=O) groups is 1. The van der Waals surface area contributed by atoms with Crippen LogP contribution in [0.25, 0.3) is 10.8 Å². The highest BCUT2D eigenvalue weighted by atomic mass is 32.2. The van der Waals surface area contributed by atoms with E-state index in [0.717, 1.165) is 29.3 Å². The van der Waals surface area contributed by atoms with Crippen LogP contribution in [0.1, 0.15) is 82.3 Å². The van der Waals surface area contributed by atoms with Crippen LogP contribution in [-0.4, -0.2) is 37.3 Å². The molecule has 0 radical (unpaired) electrons. The number of benzene rings is 4. The van der Waals surface area contributed by atoms with Gasteiger partial charge < -0.3 is 9.47 Å². The van der Waals surface area contributed by atoms with E-state index in [4.69, 9.17) is 9.47 Å². The van der Waals surface area contributed by atoms with Crippen molar-refractivity contribution < 1.29 is 40.2 Å². The molecule has 11 heteroatoms. The smallest absolute Gasteiger partial charge is 0.298 e. The lowest BCUT2D eigenvalue weighted by molar-refractivity contribution is 0.103. The van der Waals surface area contributed by atoms with E-state index >= 15 is 0 Å². The Morgan fingerprint density at radius 3 is 1.71 bits per heavy atom. The van der Waals surface area contributed by atoms with Crippen LogP contribution in [0.4, 0.5) is 0 Å². The van der Waals surface area contributed by atoms with Gasteiger partial charge >= 0.3 is 0 Å². The fourth-order valence-corrected chi connectivity index (χ4v) is 6.46. The van der Waals surface area contributed by atoms with E-state index in [2.05, 4.69) is 0 Å². The predicted molar refractivity (Wildman–Crippen MR) is 173 cm³/mol. The summed E-state index contributed by atoms with van der Waals surface area (Å²) in [6.07, 6.45) is 2.00. The molecular weight excluding hydrogens is 616 g/mol. The van der Waals surface area contributed by atoms with Crippen LogP contribution in [0.5, 0.6) is 17.2 Å². The molecule has 9 nitrogen and oxygen atoms in total. The first-order valence-electron chi connectivity index (χ1n) is 14.6. The standard InChI is InChI=1S/C34H38O9S2/c1-7-33(4,5)43-27-15-11-22-18-26(14-10-23(22)19-27)42-29-17-13-25(21-31(29)45(39,40)41)32(35)24-12-16-28(34(6,8-2)9-3)30(20-24)44(36,37)38/h10-21H,7-9H2,1-6H3,(H,36,37,38)(H,39,40,41). The molecule has 0 aliphatic heterocycles. The highest BCUT2D eigenvalue weighted by Gasteiger charge is 2.31. The van der Waals surface area contributed by atoms with Crippen LogP contribution < -0.4 is 9.47 Å². The van der Waals surface area contributed by atoms with Crippen molar-refractivity contribution in [3.8, 4) is 17.2 Å². The van der Waals surface area contributed by atoms with Gasteiger partial charge in [0.25, 0.3) is 20.2 Å². The highest BCUT2D eigenvalue weighted by molar-refractivity contribution is 7.86. The number of rotatable bonds is 12. The molecule has 0 saturated heterocycles. The number of carbonyl (C=O) groups excluding carboxylic acids is 1. The molecule has 0 heterocycles. The Labute approximate surface area is 264 Å². The third-order valence-electron chi connectivity index (χ3n) is 8.47. The third-order valence-corrected chi connectivity index (χ3v) is 10.2. The van der Waals surface area contributed by atoms with Crippen molar-refractivity contribution in [2.45, 2.75) is 81.6 Å². The van der Waals surface area contributed by atoms with Gasteiger partial charge in [0.05, 0.1) is 4.90 Å². The third kappa shape index (κ3) is 7.55. The molecule has 4 aromatic carbocycles. The first-order valence-corrected chi connectivity index (χ1v) is 17.5. The number of ketones is 1. The lowest BCUT2D eigenvalue weighted by Gasteiger charge is -2.29. The second-order valence-electron chi connectivity index (χ2n) is 11.9. The van der Waals surface area contributed by atoms with Crippen molar-refractivity contribution in [1.29, 1.82) is 0 Å². The van der Waals surface area contributed by atoms with Crippen LogP contribution >= 0.6 is 0 Å². The van der Waals surface area contributed by atoms with Gasteiger partial charge in [-0.25, -0.2) is 0 Å². The monoisotopic (exact) mass is 654 g/mol. The number of hydrogen-bond donors (Lipinski definition) is 2. The second kappa shape index (κ2) is 12.6. The maximum absolute atomic E-state index is 13.5. The van der Waals surface area contributed by atoms with E-state index in [9.17, 15) is 30.7 Å². The summed E-state index contributed by atoms with van der Waals surface area (Å²) in [5, 5.41) is 1.67. The van der Waals surface area contributed by atoms with Crippen LogP contribution in [0.3, 0.4) is 0 Å². The van der Waals surface area contributed by atoms with Gasteiger partial charge in [0.15, 0.2) is 5.78 Å². The van der Waals surface area contributed by atoms with E-state index in [1.54, 1.807) is 18.2 Å². The summed E-state index contributed by atoms with van der Waals surface area (Å²) in [6.45, 7) is 11.7. The molecular formula is C34H38O9S2. The molecule has 0 unspecified atom stereocenters. The quantitative estimate of drug-likeness (QED) is 0.115. The van der Waals surface area contributed by atoms with Gasteiger partial charge in [0, 0.05) is 11.1 Å². The molecule has 0 spiro atoms. The van der Waals surface area contributed by atoms with E-state index in [1.807, 2.05) is 59.7 Å². The minimum Gasteiger partial charge on any atom is -0.488 e. The Balaban J connectivity index is 1.69. The summed E-state index contributed by atoms with van der Waals surface area (Å²) < 4.78 is 81.4. The Bertz CT molecular complexity index is 1970. The molecule has 45 heavy (non-hydrogen) atoms. The predicted octanol–water partition coefficient (Wildman–Crippen LogP) is 8.00. The molecule has 0 atom stereocenters. The second-order valence-corrected chi connectivity index (χ2v) is 14.7. The summed E-state index contributed by atoms with van der Waals surface area (Å²) in [7, 11) is -9.54. The largest absolute Gasteiger partial charge is 0.488 e. The van der Waals surface area contributed by atoms with Crippen LogP contribution in [0.15, 0.2) is 82.6 Å². The Hall–Kier alpha value is -3.77. The van der Waals surface area contributed by atoms with Gasteiger partial charge in [0.2, 0.25) is 0 Å². The zero-order valence-electron chi connectivity index (χ0n) is 26.1. The Kier molecular flexibility index (Phi) is 9.51. The summed E-state index contributed by atoms with van der Waals surface area (Å²) in [4.78, 5) is 12.4. The fourth-order valence-electron chi connectivity index (χ4n) is 4.96. The maximum atomic E-state index is 13.5. The molecule has 240 valence electrons. The summed E-state index contributed by atoms with van der Waals surface area (Å²) in [5.41, 5.74) is -0.758. The van der Waals surface area contributed by atoms with Gasteiger partial charge in [0.1, 0.15) is 27.7 Å². The molecule has 0 bridgehead atoms. The molecule has 0 fully saturated rings. The average Bonchev–Trinajstić information content (AvgIpc) is 2.99. The maximum Gasteiger partial charge on any atom is 0.298 e. The van der Waals surface area contributed by atoms with Crippen molar-refractivity contribution >= 4 is 36.8 Å². The van der Waals surface area contributed by atoms with Crippen molar-refractivity contribution in [2.24, 2.45) is 0 Å². The van der Waals surface area contributed by atoms with Crippen molar-refractivity contribution in [3.63, 3.8) is 0 Å². The van der Waals surface area contributed by atoms with Gasteiger partial charge in [-0.05, 0) is 103 Å². The van der Waals surface area contributed by atoms with E-state index < -0.39 is 41.2 Å². The lowest BCUT2D eigenvalue weighted by atomic mass is 9.77. The van der Waals surface area contributed by atoms with Gasteiger partial charge in [-0.3, -0.25) is 13.9 Å². The molecule has 0 aromatic heterocycles. The molecule has 0 saturated carbocycles. The Morgan fingerprint density at radius 2 is 1.18 bits per heavy atom. The number of ether oxygens (including phenoxy) is 2. The minimum atomic E-state index is -4.85. The topological polar surface area (TPSA) is 144 Å². The fraction of sp³-hybridized carbons (Fsp3) is 0.324. The molecule has 2 N–H and O–H groups in total. The summed E-state index contributed by atoms with van der Waals surface area (Å²) in [6, 6.07) is 18.3. The zero-order chi connectivity index (χ0) is 33.4. The minimum absolute atomic E-state index is 0.0870. The molecule has 0 aliphatic rings. The molecule has 0 amide bonds. The van der Waals surface area contributed by atoms with Gasteiger partial charge in [-0.2, -0.15) is 16.8 Å². The van der Waals surface area contributed by atoms with Crippen molar-refractivity contribution in [2.75, 3.05) is 0 Å². The van der Waals surface area contributed by atoms with Crippen LogP contribution in [0, 0.1) is 0 Å².